The average Bonchev–Trinajstić information content (AvgIpc) is 2.44. The van der Waals surface area contributed by atoms with Crippen LogP contribution in [0.5, 0.6) is 5.75 Å². The number of anilines is 1. The zero-order chi connectivity index (χ0) is 16.4. The van der Waals surface area contributed by atoms with E-state index in [9.17, 15) is 8.42 Å². The Labute approximate surface area is 139 Å². The van der Waals surface area contributed by atoms with Gasteiger partial charge in [0.25, 0.3) is 0 Å². The Morgan fingerprint density at radius 3 is 2.74 bits per heavy atom. The molecule has 7 nitrogen and oxygen atoms in total. The fourth-order valence-electron chi connectivity index (χ4n) is 3.66. The molecule has 1 saturated heterocycles. The Hall–Kier alpha value is -1.12. The summed E-state index contributed by atoms with van der Waals surface area (Å²) < 4.78 is 35.2. The average molecular weight is 360 g/mol. The summed E-state index contributed by atoms with van der Waals surface area (Å²) in [5, 5.41) is 0.0504. The number of morpholine rings is 1. The molecule has 0 aromatic carbocycles. The molecule has 1 aromatic rings. The lowest BCUT2D eigenvalue weighted by Crippen LogP contribution is -2.57. The molecule has 0 spiro atoms. The first kappa shape index (κ1) is 15.4. The maximum absolute atomic E-state index is 12.4. The van der Waals surface area contributed by atoms with Gasteiger partial charge in [0.15, 0.2) is 21.4 Å². The van der Waals surface area contributed by atoms with E-state index >= 15 is 0 Å². The van der Waals surface area contributed by atoms with Gasteiger partial charge in [-0.05, 0) is 18.5 Å². The maximum atomic E-state index is 12.4. The van der Waals surface area contributed by atoms with Crippen molar-refractivity contribution >= 4 is 27.3 Å². The van der Waals surface area contributed by atoms with Crippen molar-refractivity contribution in [1.82, 2.24) is 9.97 Å². The summed E-state index contributed by atoms with van der Waals surface area (Å²) in [7, 11) is -3.32. The first-order valence-corrected chi connectivity index (χ1v) is 9.87. The zero-order valence-electron chi connectivity index (χ0n) is 13.0. The van der Waals surface area contributed by atoms with Gasteiger partial charge < -0.3 is 14.4 Å². The van der Waals surface area contributed by atoms with Crippen molar-refractivity contribution in [3.8, 4) is 5.75 Å². The summed E-state index contributed by atoms with van der Waals surface area (Å²) in [5.41, 5.74) is 0.413. The first-order valence-electron chi connectivity index (χ1n) is 7.60. The molecule has 0 unspecified atom stereocenters. The highest BCUT2D eigenvalue weighted by atomic mass is 35.5. The number of hydrogen-bond donors (Lipinski definition) is 0. The highest BCUT2D eigenvalue weighted by Crippen LogP contribution is 2.57. The molecule has 126 valence electrons. The van der Waals surface area contributed by atoms with Crippen molar-refractivity contribution in [2.45, 2.75) is 36.7 Å². The van der Waals surface area contributed by atoms with Crippen LogP contribution in [0.25, 0.3) is 0 Å². The zero-order valence-corrected chi connectivity index (χ0v) is 14.5. The van der Waals surface area contributed by atoms with Crippen LogP contribution >= 0.6 is 11.6 Å². The molecule has 5 rings (SSSR count). The van der Waals surface area contributed by atoms with E-state index in [2.05, 4.69) is 14.9 Å². The van der Waals surface area contributed by atoms with E-state index in [0.29, 0.717) is 49.9 Å². The number of sulfone groups is 1. The molecule has 4 heterocycles. The van der Waals surface area contributed by atoms with Crippen molar-refractivity contribution in [2.75, 3.05) is 30.9 Å². The molecule has 4 aliphatic rings. The highest BCUT2D eigenvalue weighted by Gasteiger charge is 2.61. The predicted molar refractivity (Wildman–Crippen MR) is 84.8 cm³/mol. The molecule has 0 N–H and O–H groups in total. The summed E-state index contributed by atoms with van der Waals surface area (Å²) in [6, 6.07) is 0.106. The lowest BCUT2D eigenvalue weighted by atomic mass is 9.76. The highest BCUT2D eigenvalue weighted by molar-refractivity contribution is 7.91. The third kappa shape index (κ3) is 2.15. The van der Waals surface area contributed by atoms with E-state index in [1.54, 1.807) is 0 Å². The van der Waals surface area contributed by atoms with Gasteiger partial charge in [-0.15, -0.1) is 0 Å². The van der Waals surface area contributed by atoms with Crippen LogP contribution < -0.4 is 9.64 Å². The third-order valence-electron chi connectivity index (χ3n) is 5.00. The van der Waals surface area contributed by atoms with Crippen molar-refractivity contribution in [2.24, 2.45) is 0 Å². The molecular formula is C14H18ClN3O4S. The normalized spacial score (nSPS) is 32.7. The largest absolute Gasteiger partial charge is 0.484 e. The Morgan fingerprint density at radius 1 is 1.35 bits per heavy atom. The minimum Gasteiger partial charge on any atom is -0.484 e. The number of ether oxygens (including phenoxy) is 2. The van der Waals surface area contributed by atoms with E-state index in [1.165, 1.54) is 6.26 Å². The topological polar surface area (TPSA) is 81.6 Å². The monoisotopic (exact) mass is 359 g/mol. The SMILES string of the molecule is C[C@@H]1COCCN1c1nc(Cl)nc2c1OC1CC2(S(C)(=O)=O)C1. The number of nitrogens with zero attached hydrogens (tertiary/aromatic N) is 3. The lowest BCUT2D eigenvalue weighted by molar-refractivity contribution is 0.0433. The lowest BCUT2D eigenvalue weighted by Gasteiger charge is -2.50. The number of halogens is 1. The van der Waals surface area contributed by atoms with Crippen LogP contribution in [0.4, 0.5) is 5.82 Å². The fraction of sp³-hybridized carbons (Fsp3) is 0.714. The van der Waals surface area contributed by atoms with Crippen molar-refractivity contribution in [3.05, 3.63) is 11.0 Å². The summed E-state index contributed by atoms with van der Waals surface area (Å²) in [5.74, 6) is 1.05. The minimum atomic E-state index is -3.32. The van der Waals surface area contributed by atoms with E-state index in [-0.39, 0.29) is 17.4 Å². The molecule has 0 amide bonds. The summed E-state index contributed by atoms with van der Waals surface area (Å²) in [6.45, 7) is 3.84. The van der Waals surface area contributed by atoms with Gasteiger partial charge in [-0.2, -0.15) is 4.98 Å². The molecule has 2 fully saturated rings. The molecule has 1 aliphatic carbocycles. The van der Waals surface area contributed by atoms with E-state index in [0.717, 1.165) is 0 Å². The van der Waals surface area contributed by atoms with Gasteiger partial charge in [0.05, 0.1) is 19.3 Å². The molecule has 3 aliphatic heterocycles. The number of rotatable bonds is 2. The van der Waals surface area contributed by atoms with E-state index in [4.69, 9.17) is 21.1 Å². The van der Waals surface area contributed by atoms with Crippen molar-refractivity contribution in [1.29, 1.82) is 0 Å². The van der Waals surface area contributed by atoms with Crippen LogP contribution in [0.3, 0.4) is 0 Å². The summed E-state index contributed by atoms with van der Waals surface area (Å²) in [4.78, 5) is 10.6. The van der Waals surface area contributed by atoms with Gasteiger partial charge in [-0.1, -0.05) is 0 Å². The van der Waals surface area contributed by atoms with Crippen LogP contribution in [0.1, 0.15) is 25.5 Å². The molecule has 1 atom stereocenters. The summed E-state index contributed by atoms with van der Waals surface area (Å²) in [6.07, 6.45) is 2.03. The van der Waals surface area contributed by atoms with Gasteiger partial charge >= 0.3 is 0 Å². The second-order valence-electron chi connectivity index (χ2n) is 6.53. The molecule has 1 aromatic heterocycles. The predicted octanol–water partition coefficient (Wildman–Crippen LogP) is 1.15. The van der Waals surface area contributed by atoms with Gasteiger partial charge in [-0.3, -0.25) is 0 Å². The number of aromatic nitrogens is 2. The standard InChI is InChI=1S/C14H18ClN3O4S/c1-8-7-21-4-3-18(8)12-10-11(16-13(15)17-12)14(23(2,19)20)5-9(6-14)22-10/h8-9H,3-7H2,1-2H3/t8-,9?,14?/m1/s1. The van der Waals surface area contributed by atoms with Crippen LogP contribution in [0.15, 0.2) is 0 Å². The minimum absolute atomic E-state index is 0.0504. The maximum Gasteiger partial charge on any atom is 0.224 e. The third-order valence-corrected chi connectivity index (χ3v) is 7.12. The van der Waals surface area contributed by atoms with Crippen molar-refractivity contribution in [3.63, 3.8) is 0 Å². The molecule has 23 heavy (non-hydrogen) atoms. The van der Waals surface area contributed by atoms with Gasteiger partial charge in [0.1, 0.15) is 16.5 Å². The van der Waals surface area contributed by atoms with Crippen LogP contribution in [0, 0.1) is 0 Å². The van der Waals surface area contributed by atoms with Crippen LogP contribution in [-0.2, 0) is 19.3 Å². The Balaban J connectivity index is 1.88. The first-order chi connectivity index (χ1) is 10.8. The molecule has 2 bridgehead atoms. The van der Waals surface area contributed by atoms with Crippen molar-refractivity contribution < 1.29 is 17.9 Å². The molecule has 9 heteroatoms. The Morgan fingerprint density at radius 2 is 2.09 bits per heavy atom. The quantitative estimate of drug-likeness (QED) is 0.732. The molecule has 1 saturated carbocycles. The summed E-state index contributed by atoms with van der Waals surface area (Å²) >= 11 is 6.11. The van der Waals surface area contributed by atoms with Gasteiger partial charge in [-0.25, -0.2) is 13.4 Å². The smallest absolute Gasteiger partial charge is 0.224 e. The molecule has 0 radical (unpaired) electrons. The Kier molecular flexibility index (Phi) is 3.31. The fourth-order valence-corrected chi connectivity index (χ4v) is 5.29. The van der Waals surface area contributed by atoms with E-state index < -0.39 is 14.6 Å². The second kappa shape index (κ2) is 4.94. The second-order valence-corrected chi connectivity index (χ2v) is 9.19. The van der Waals surface area contributed by atoms with Crippen LogP contribution in [-0.4, -0.2) is 56.5 Å². The van der Waals surface area contributed by atoms with E-state index in [1.807, 2.05) is 6.92 Å². The number of hydrogen-bond acceptors (Lipinski definition) is 7. The van der Waals surface area contributed by atoms with Gasteiger partial charge in [0.2, 0.25) is 5.28 Å². The molecular weight excluding hydrogens is 342 g/mol. The Bertz CT molecular complexity index is 764. The van der Waals surface area contributed by atoms with Gasteiger partial charge in [0, 0.05) is 25.6 Å². The van der Waals surface area contributed by atoms with Crippen LogP contribution in [0.2, 0.25) is 5.28 Å².